The van der Waals surface area contributed by atoms with Crippen LogP contribution in [0.25, 0.3) is 0 Å². The highest BCUT2D eigenvalue weighted by Crippen LogP contribution is 2.24. The second kappa shape index (κ2) is 12.5. The molecule has 0 spiro atoms. The number of aliphatic hydroxyl groups excluding tert-OH is 1. The van der Waals surface area contributed by atoms with Gasteiger partial charge >= 0.3 is 0 Å². The summed E-state index contributed by atoms with van der Waals surface area (Å²) in [5, 5.41) is 9.42. The topological polar surface area (TPSA) is 37.3 Å². The van der Waals surface area contributed by atoms with Gasteiger partial charge in [-0.3, -0.25) is 0 Å². The van der Waals surface area contributed by atoms with Crippen LogP contribution >= 0.6 is 0 Å². The van der Waals surface area contributed by atoms with Crippen LogP contribution in [-0.4, -0.2) is 17.5 Å². The average molecular weight is 369 g/mol. The molecule has 0 saturated carbocycles. The molecule has 2 nitrogen and oxygen atoms in total. The Bertz CT molecular complexity index is 621. The zero-order valence-electron chi connectivity index (χ0n) is 17.5. The molecule has 5 atom stereocenters. The lowest BCUT2D eigenvalue weighted by atomic mass is 9.89. The van der Waals surface area contributed by atoms with Crippen LogP contribution in [0.15, 0.2) is 60.7 Å². The molecule has 2 aromatic carbocycles. The van der Waals surface area contributed by atoms with Gasteiger partial charge in [-0.05, 0) is 48.6 Å². The first-order valence-electron chi connectivity index (χ1n) is 10.1. The van der Waals surface area contributed by atoms with Crippen LogP contribution in [0.5, 0.6) is 0 Å². The van der Waals surface area contributed by atoms with Gasteiger partial charge in [-0.2, -0.15) is 0 Å². The zero-order valence-corrected chi connectivity index (χ0v) is 17.5. The quantitative estimate of drug-likeness (QED) is 0.562. The lowest BCUT2D eigenvalue weighted by molar-refractivity contribution is -0.110. The molecule has 0 aliphatic rings. The smallest absolute Gasteiger partial charge is 0.122 e. The van der Waals surface area contributed by atoms with Crippen LogP contribution in [0.2, 0.25) is 0 Å². The minimum Gasteiger partial charge on any atom is -0.393 e. The summed E-state index contributed by atoms with van der Waals surface area (Å²) in [7, 11) is 0. The Morgan fingerprint density at radius 2 is 1.15 bits per heavy atom. The number of aliphatic hydroxyl groups is 1. The van der Waals surface area contributed by atoms with Gasteiger partial charge in [0.2, 0.25) is 0 Å². The zero-order chi connectivity index (χ0) is 20.2. The number of benzene rings is 2. The molecule has 0 saturated heterocycles. The number of hydrogen-bond donors (Lipinski definition) is 1. The van der Waals surface area contributed by atoms with Gasteiger partial charge in [0.1, 0.15) is 6.29 Å². The summed E-state index contributed by atoms with van der Waals surface area (Å²) in [6.07, 6.45) is 2.80. The van der Waals surface area contributed by atoms with Crippen molar-refractivity contribution >= 4 is 6.29 Å². The van der Waals surface area contributed by atoms with E-state index in [0.29, 0.717) is 17.8 Å². The van der Waals surface area contributed by atoms with Crippen molar-refractivity contribution in [1.82, 2.24) is 0 Å². The van der Waals surface area contributed by atoms with E-state index >= 15 is 0 Å². The first-order valence-corrected chi connectivity index (χ1v) is 10.1. The molecule has 0 radical (unpaired) electrons. The summed E-state index contributed by atoms with van der Waals surface area (Å²) in [5.74, 6) is 1.53. The van der Waals surface area contributed by atoms with Crippen molar-refractivity contribution in [3.05, 3.63) is 71.8 Å². The second-order valence-corrected chi connectivity index (χ2v) is 7.93. The fourth-order valence-corrected chi connectivity index (χ4v) is 3.20. The number of carbonyl (C=O) groups excluding carboxylic acids is 1. The molecule has 0 amide bonds. The molecule has 0 heterocycles. The lowest BCUT2D eigenvalue weighted by Crippen LogP contribution is -2.15. The van der Waals surface area contributed by atoms with Crippen LogP contribution < -0.4 is 0 Å². The van der Waals surface area contributed by atoms with Gasteiger partial charge in [0.15, 0.2) is 0 Å². The van der Waals surface area contributed by atoms with E-state index in [1.54, 1.807) is 0 Å². The third-order valence-corrected chi connectivity index (χ3v) is 5.24. The third-order valence-electron chi connectivity index (χ3n) is 5.24. The Labute approximate surface area is 165 Å². The van der Waals surface area contributed by atoms with Crippen LogP contribution in [0.3, 0.4) is 0 Å². The number of hydrogen-bond acceptors (Lipinski definition) is 2. The Hall–Kier alpha value is -1.93. The maximum Gasteiger partial charge on any atom is 0.122 e. The maximum atomic E-state index is 10.5. The van der Waals surface area contributed by atoms with Gasteiger partial charge in [0.25, 0.3) is 0 Å². The molecule has 148 valence electrons. The first-order chi connectivity index (χ1) is 12.8. The molecule has 1 N–H and O–H groups in total. The van der Waals surface area contributed by atoms with Crippen molar-refractivity contribution in [2.24, 2.45) is 11.8 Å². The number of carbonyl (C=O) groups is 1. The molecule has 5 unspecified atom stereocenters. The van der Waals surface area contributed by atoms with Crippen molar-refractivity contribution in [3.8, 4) is 0 Å². The molecular formula is C25H36O2. The van der Waals surface area contributed by atoms with Crippen molar-refractivity contribution < 1.29 is 9.90 Å². The van der Waals surface area contributed by atoms with Gasteiger partial charge < -0.3 is 9.90 Å². The Kier molecular flexibility index (Phi) is 10.7. The number of aldehydes is 1. The van der Waals surface area contributed by atoms with Gasteiger partial charge in [-0.1, -0.05) is 88.4 Å². The molecule has 0 fully saturated rings. The minimum atomic E-state index is -0.207. The molecule has 2 rings (SSSR count). The summed E-state index contributed by atoms with van der Waals surface area (Å²) in [5.41, 5.74) is 2.68. The Morgan fingerprint density at radius 3 is 1.52 bits per heavy atom. The summed E-state index contributed by atoms with van der Waals surface area (Å²) >= 11 is 0. The van der Waals surface area contributed by atoms with Gasteiger partial charge in [0.05, 0.1) is 6.10 Å². The van der Waals surface area contributed by atoms with E-state index in [9.17, 15) is 9.90 Å². The van der Waals surface area contributed by atoms with Crippen molar-refractivity contribution in [1.29, 1.82) is 0 Å². The van der Waals surface area contributed by atoms with Gasteiger partial charge in [0, 0.05) is 5.92 Å². The highest BCUT2D eigenvalue weighted by molar-refractivity contribution is 5.52. The largest absolute Gasteiger partial charge is 0.393 e. The highest BCUT2D eigenvalue weighted by atomic mass is 16.3. The van der Waals surface area contributed by atoms with E-state index in [2.05, 4.69) is 57.2 Å². The lowest BCUT2D eigenvalue weighted by Gasteiger charge is -2.19. The van der Waals surface area contributed by atoms with E-state index in [4.69, 9.17) is 0 Å². The van der Waals surface area contributed by atoms with Crippen molar-refractivity contribution in [2.45, 2.75) is 65.4 Å². The molecule has 0 aliphatic heterocycles. The van der Waals surface area contributed by atoms with Crippen LogP contribution in [-0.2, 0) is 4.79 Å². The van der Waals surface area contributed by atoms with Gasteiger partial charge in [-0.15, -0.1) is 0 Å². The first kappa shape index (κ1) is 23.1. The fraction of sp³-hybridized carbons (Fsp3) is 0.480. The van der Waals surface area contributed by atoms with E-state index in [-0.39, 0.29) is 12.0 Å². The normalized spacial score (nSPS) is 16.2. The van der Waals surface area contributed by atoms with Crippen molar-refractivity contribution in [3.63, 3.8) is 0 Å². The van der Waals surface area contributed by atoms with Crippen LogP contribution in [0.1, 0.15) is 70.4 Å². The minimum absolute atomic E-state index is 0.162. The van der Waals surface area contributed by atoms with Gasteiger partial charge in [-0.25, -0.2) is 0 Å². The molecular weight excluding hydrogens is 332 g/mol. The second-order valence-electron chi connectivity index (χ2n) is 7.93. The van der Waals surface area contributed by atoms with E-state index in [1.165, 1.54) is 11.1 Å². The predicted molar refractivity (Wildman–Crippen MR) is 115 cm³/mol. The summed E-state index contributed by atoms with van der Waals surface area (Å²) < 4.78 is 0. The van der Waals surface area contributed by atoms with Crippen LogP contribution in [0.4, 0.5) is 0 Å². The SMILES string of the molecule is CC(C=O)CC(C)c1ccccc1.CC(CC(C)C(C)O)c1ccccc1. The monoisotopic (exact) mass is 368 g/mol. The average Bonchev–Trinajstić information content (AvgIpc) is 2.69. The molecule has 0 aliphatic carbocycles. The summed E-state index contributed by atoms with van der Waals surface area (Å²) in [4.78, 5) is 10.5. The third kappa shape index (κ3) is 9.01. The Morgan fingerprint density at radius 1 is 0.741 bits per heavy atom. The highest BCUT2D eigenvalue weighted by Gasteiger charge is 2.14. The van der Waals surface area contributed by atoms with Crippen LogP contribution in [0, 0.1) is 11.8 Å². The standard InChI is InChI=1S/C13H20O.C12H16O/c1-10(12(3)14)9-11(2)13-7-5-4-6-8-13;1-10(9-13)8-11(2)12-6-4-3-5-7-12/h4-8,10-12,14H,9H2,1-3H3;3-7,9-11H,8H2,1-2H3. The van der Waals surface area contributed by atoms with Crippen molar-refractivity contribution in [2.75, 3.05) is 0 Å². The summed E-state index contributed by atoms with van der Waals surface area (Å²) in [6.45, 7) is 10.3. The maximum absolute atomic E-state index is 10.5. The molecule has 2 aromatic rings. The Balaban J connectivity index is 0.000000271. The van der Waals surface area contributed by atoms with E-state index in [0.717, 1.165) is 19.1 Å². The van der Waals surface area contributed by atoms with E-state index in [1.807, 2.05) is 38.1 Å². The fourth-order valence-electron chi connectivity index (χ4n) is 3.20. The predicted octanol–water partition coefficient (Wildman–Crippen LogP) is 6.21. The molecule has 2 heteroatoms. The molecule has 27 heavy (non-hydrogen) atoms. The number of rotatable bonds is 8. The molecule has 0 bridgehead atoms. The molecule has 0 aromatic heterocycles. The van der Waals surface area contributed by atoms with E-state index < -0.39 is 0 Å². The summed E-state index contributed by atoms with van der Waals surface area (Å²) in [6, 6.07) is 20.8.